The largest absolute Gasteiger partial charge is 0.372 e. The molecule has 1 saturated heterocycles. The van der Waals surface area contributed by atoms with Crippen molar-refractivity contribution in [3.05, 3.63) is 29.8 Å². The molecule has 1 aromatic carbocycles. The zero-order chi connectivity index (χ0) is 14.9. The van der Waals surface area contributed by atoms with Gasteiger partial charge in [0, 0.05) is 25.6 Å². The molecule has 3 rings (SSSR count). The van der Waals surface area contributed by atoms with E-state index in [1.807, 2.05) is 19.1 Å². The summed E-state index contributed by atoms with van der Waals surface area (Å²) in [5, 5.41) is 3.30. The van der Waals surface area contributed by atoms with Crippen molar-refractivity contribution in [1.82, 2.24) is 9.62 Å². The molecule has 0 atom stereocenters. The first-order valence-corrected chi connectivity index (χ1v) is 8.86. The highest BCUT2D eigenvalue weighted by Crippen LogP contribution is 2.25. The Kier molecular flexibility index (Phi) is 3.99. The lowest BCUT2D eigenvalue weighted by Crippen LogP contribution is -2.42. The fourth-order valence-corrected chi connectivity index (χ4v) is 4.39. The first-order valence-electron chi connectivity index (χ1n) is 7.42. The number of piperidine rings is 1. The molecule has 2 heterocycles. The Hall–Kier alpha value is -1.40. The van der Waals surface area contributed by atoms with E-state index < -0.39 is 10.0 Å². The van der Waals surface area contributed by atoms with Crippen LogP contribution in [0, 0.1) is 12.8 Å². The van der Waals surface area contributed by atoms with Crippen LogP contribution in [0.25, 0.3) is 0 Å². The summed E-state index contributed by atoms with van der Waals surface area (Å²) < 4.78 is 26.8. The molecule has 6 heteroatoms. The van der Waals surface area contributed by atoms with E-state index in [-0.39, 0.29) is 0 Å². The van der Waals surface area contributed by atoms with Gasteiger partial charge in [0.2, 0.25) is 10.0 Å². The van der Waals surface area contributed by atoms with Crippen LogP contribution in [0.4, 0.5) is 0 Å². The highest BCUT2D eigenvalue weighted by Gasteiger charge is 2.31. The van der Waals surface area contributed by atoms with Crippen molar-refractivity contribution in [1.29, 1.82) is 0 Å². The molecule has 0 amide bonds. The van der Waals surface area contributed by atoms with E-state index >= 15 is 0 Å². The second-order valence-electron chi connectivity index (χ2n) is 5.69. The van der Waals surface area contributed by atoms with Gasteiger partial charge in [-0.1, -0.05) is 17.7 Å². The molecular formula is C15H21N3O2S. The number of sulfonamides is 1. The Labute approximate surface area is 126 Å². The number of hydrogen-bond donors (Lipinski definition) is 1. The van der Waals surface area contributed by atoms with Gasteiger partial charge in [-0.15, -0.1) is 0 Å². The minimum atomic E-state index is -3.35. The number of nitrogens with one attached hydrogen (secondary N) is 1. The van der Waals surface area contributed by atoms with Crippen LogP contribution in [-0.2, 0) is 10.0 Å². The number of nitrogens with zero attached hydrogens (tertiary/aromatic N) is 2. The smallest absolute Gasteiger partial charge is 0.243 e. The average Bonchev–Trinajstić information content (AvgIpc) is 3.02. The van der Waals surface area contributed by atoms with Gasteiger partial charge in [0.15, 0.2) is 0 Å². The van der Waals surface area contributed by atoms with Crippen LogP contribution < -0.4 is 5.32 Å². The summed E-state index contributed by atoms with van der Waals surface area (Å²) in [6.07, 6.45) is 1.69. The van der Waals surface area contributed by atoms with Crippen LogP contribution in [0.3, 0.4) is 0 Å². The van der Waals surface area contributed by atoms with E-state index in [1.165, 1.54) is 0 Å². The van der Waals surface area contributed by atoms with Gasteiger partial charge >= 0.3 is 0 Å². The molecule has 0 saturated carbocycles. The van der Waals surface area contributed by atoms with Crippen LogP contribution in [0.5, 0.6) is 0 Å². The predicted octanol–water partition coefficient (Wildman–Crippen LogP) is 1.40. The summed E-state index contributed by atoms with van der Waals surface area (Å²) >= 11 is 0. The molecule has 2 aliphatic heterocycles. The third-order valence-corrected chi connectivity index (χ3v) is 6.11. The Morgan fingerprint density at radius 3 is 2.43 bits per heavy atom. The van der Waals surface area contributed by atoms with Gasteiger partial charge in [0.1, 0.15) is 0 Å². The van der Waals surface area contributed by atoms with Gasteiger partial charge in [-0.3, -0.25) is 4.99 Å². The van der Waals surface area contributed by atoms with Crippen molar-refractivity contribution >= 4 is 15.9 Å². The van der Waals surface area contributed by atoms with Gasteiger partial charge in [0.25, 0.3) is 0 Å². The molecule has 0 radical (unpaired) electrons. The second-order valence-corrected chi connectivity index (χ2v) is 7.62. The molecule has 114 valence electrons. The molecular weight excluding hydrogens is 286 g/mol. The standard InChI is InChI=1S/C15H21N3O2S/c1-12-2-4-14(5-3-12)21(19,20)18-10-6-13(7-11-18)15-16-8-9-17-15/h2-5,13H,6-11H2,1H3,(H,16,17). The summed E-state index contributed by atoms with van der Waals surface area (Å²) in [7, 11) is -3.35. The summed E-state index contributed by atoms with van der Waals surface area (Å²) in [6, 6.07) is 7.08. The topological polar surface area (TPSA) is 61.8 Å². The third kappa shape index (κ3) is 2.96. The fraction of sp³-hybridized carbons (Fsp3) is 0.533. The Balaban J connectivity index is 1.69. The predicted molar refractivity (Wildman–Crippen MR) is 83.0 cm³/mol. The minimum absolute atomic E-state index is 0.386. The zero-order valence-corrected chi connectivity index (χ0v) is 13.1. The molecule has 1 N–H and O–H groups in total. The summed E-state index contributed by atoms with van der Waals surface area (Å²) in [5.41, 5.74) is 1.07. The van der Waals surface area contributed by atoms with E-state index in [1.54, 1.807) is 16.4 Å². The normalized spacial score (nSPS) is 21.1. The summed E-state index contributed by atoms with van der Waals surface area (Å²) in [6.45, 7) is 4.86. The van der Waals surface area contributed by atoms with Crippen LogP contribution in [0.2, 0.25) is 0 Å². The Morgan fingerprint density at radius 1 is 1.19 bits per heavy atom. The fourth-order valence-electron chi connectivity index (χ4n) is 2.92. The molecule has 5 nitrogen and oxygen atoms in total. The van der Waals surface area contributed by atoms with Crippen molar-refractivity contribution in [3.63, 3.8) is 0 Å². The number of hydrogen-bond acceptors (Lipinski definition) is 4. The van der Waals surface area contributed by atoms with Crippen LogP contribution >= 0.6 is 0 Å². The van der Waals surface area contributed by atoms with E-state index in [0.717, 1.165) is 37.3 Å². The first-order chi connectivity index (χ1) is 10.1. The van der Waals surface area contributed by atoms with Crippen LogP contribution in [0.1, 0.15) is 18.4 Å². The molecule has 2 aliphatic rings. The number of benzene rings is 1. The lowest BCUT2D eigenvalue weighted by atomic mass is 9.97. The number of rotatable bonds is 3. The van der Waals surface area contributed by atoms with E-state index in [9.17, 15) is 8.42 Å². The Bertz CT molecular complexity index is 629. The third-order valence-electron chi connectivity index (χ3n) is 4.20. The lowest BCUT2D eigenvalue weighted by molar-refractivity contribution is 0.314. The van der Waals surface area contributed by atoms with Crippen molar-refractivity contribution < 1.29 is 8.42 Å². The molecule has 1 fully saturated rings. The van der Waals surface area contributed by atoms with Gasteiger partial charge < -0.3 is 5.32 Å². The number of amidine groups is 1. The van der Waals surface area contributed by atoms with Crippen LogP contribution in [0.15, 0.2) is 34.2 Å². The molecule has 0 unspecified atom stereocenters. The highest BCUT2D eigenvalue weighted by atomic mass is 32.2. The van der Waals surface area contributed by atoms with E-state index in [4.69, 9.17) is 0 Å². The minimum Gasteiger partial charge on any atom is -0.372 e. The van der Waals surface area contributed by atoms with Gasteiger partial charge in [-0.05, 0) is 31.9 Å². The monoisotopic (exact) mass is 307 g/mol. The van der Waals surface area contributed by atoms with Crippen molar-refractivity contribution in [2.24, 2.45) is 10.9 Å². The maximum absolute atomic E-state index is 12.6. The Morgan fingerprint density at radius 2 is 1.86 bits per heavy atom. The molecule has 21 heavy (non-hydrogen) atoms. The van der Waals surface area contributed by atoms with E-state index in [2.05, 4.69) is 10.3 Å². The summed E-state index contributed by atoms with van der Waals surface area (Å²) in [5.74, 6) is 1.46. The van der Waals surface area contributed by atoms with Gasteiger partial charge in [-0.2, -0.15) is 4.31 Å². The molecule has 0 spiro atoms. The first kappa shape index (κ1) is 14.5. The molecule has 0 aliphatic carbocycles. The molecule has 0 bridgehead atoms. The van der Waals surface area contributed by atoms with Crippen molar-refractivity contribution in [3.8, 4) is 0 Å². The average molecular weight is 307 g/mol. The van der Waals surface area contributed by atoms with Gasteiger partial charge in [-0.25, -0.2) is 8.42 Å². The molecule has 0 aromatic heterocycles. The number of aliphatic imine (C=N–C) groups is 1. The zero-order valence-electron chi connectivity index (χ0n) is 12.2. The number of aryl methyl sites for hydroxylation is 1. The second kappa shape index (κ2) is 5.77. The van der Waals surface area contributed by atoms with Gasteiger partial charge in [0.05, 0.1) is 17.3 Å². The molecule has 1 aromatic rings. The lowest BCUT2D eigenvalue weighted by Gasteiger charge is -2.31. The maximum Gasteiger partial charge on any atom is 0.243 e. The quantitative estimate of drug-likeness (QED) is 0.918. The van der Waals surface area contributed by atoms with Crippen molar-refractivity contribution in [2.45, 2.75) is 24.7 Å². The van der Waals surface area contributed by atoms with Crippen LogP contribution in [-0.4, -0.2) is 44.7 Å². The SMILES string of the molecule is Cc1ccc(S(=O)(=O)N2CCC(C3=NCCN3)CC2)cc1. The van der Waals surface area contributed by atoms with Crippen molar-refractivity contribution in [2.75, 3.05) is 26.2 Å². The maximum atomic E-state index is 12.6. The highest BCUT2D eigenvalue weighted by molar-refractivity contribution is 7.89. The van der Waals surface area contributed by atoms with E-state index in [0.29, 0.717) is 23.9 Å². The summed E-state index contributed by atoms with van der Waals surface area (Å²) in [4.78, 5) is 4.84.